The van der Waals surface area contributed by atoms with Crippen LogP contribution in [0, 0.1) is 6.92 Å². The van der Waals surface area contributed by atoms with Crippen molar-refractivity contribution in [2.75, 3.05) is 31.1 Å². The number of nitrogens with zero attached hydrogens (tertiary/aromatic N) is 2. The first-order valence-corrected chi connectivity index (χ1v) is 10.1. The van der Waals surface area contributed by atoms with Crippen LogP contribution in [-0.4, -0.2) is 43.0 Å². The summed E-state index contributed by atoms with van der Waals surface area (Å²) in [6, 6.07) is 16.2. The summed E-state index contributed by atoms with van der Waals surface area (Å²) in [5.74, 6) is 0.611. The number of piperidine rings is 1. The predicted octanol–water partition coefficient (Wildman–Crippen LogP) is 3.47. The van der Waals surface area contributed by atoms with Gasteiger partial charge in [0.25, 0.3) is 0 Å². The van der Waals surface area contributed by atoms with Crippen LogP contribution in [0.3, 0.4) is 0 Å². The number of hydrogen-bond donors (Lipinski definition) is 1. The third-order valence-corrected chi connectivity index (χ3v) is 5.86. The molecular weight excluding hydrogens is 350 g/mol. The highest BCUT2D eigenvalue weighted by Crippen LogP contribution is 2.29. The zero-order valence-corrected chi connectivity index (χ0v) is 16.4. The minimum atomic E-state index is -0.0561. The largest absolute Gasteiger partial charge is 0.342 e. The number of nitrogens with one attached hydrogen (secondary N) is 1. The Morgan fingerprint density at radius 1 is 1.11 bits per heavy atom. The summed E-state index contributed by atoms with van der Waals surface area (Å²) in [7, 11) is 0. The van der Waals surface area contributed by atoms with Crippen molar-refractivity contribution in [3.63, 3.8) is 0 Å². The van der Waals surface area contributed by atoms with E-state index in [1.54, 1.807) is 4.90 Å². The lowest BCUT2D eigenvalue weighted by Crippen LogP contribution is -2.40. The number of likely N-dealkylation sites (tertiary alicyclic amines) is 1. The number of carbonyl (C=O) groups excluding carboxylic acids is 2. The maximum Gasteiger partial charge on any atom is 0.321 e. The van der Waals surface area contributed by atoms with Gasteiger partial charge in [0.15, 0.2) is 0 Å². The summed E-state index contributed by atoms with van der Waals surface area (Å²) < 4.78 is 0. The van der Waals surface area contributed by atoms with E-state index in [0.29, 0.717) is 25.4 Å². The molecule has 28 heavy (non-hydrogen) atoms. The average molecular weight is 377 g/mol. The minimum Gasteiger partial charge on any atom is -0.342 e. The van der Waals surface area contributed by atoms with E-state index in [2.05, 4.69) is 36.5 Å². The predicted molar refractivity (Wildman–Crippen MR) is 111 cm³/mol. The van der Waals surface area contributed by atoms with Crippen LogP contribution in [0.2, 0.25) is 0 Å². The van der Waals surface area contributed by atoms with Gasteiger partial charge in [-0.15, -0.1) is 0 Å². The molecule has 0 aromatic heterocycles. The number of amides is 3. The zero-order chi connectivity index (χ0) is 19.5. The molecule has 0 radical (unpaired) electrons. The molecular formula is C23H27N3O2. The standard InChI is InChI=1S/C23H27N3O2/c1-17-5-2-3-7-21(17)19-6-4-13-25(16-19)22(27)15-18-8-10-20(11-9-18)26-14-12-24-23(26)28/h2-3,5,7-11,19H,4,6,12-16H2,1H3,(H,24,28)/t19-/m1/s1. The van der Waals surface area contributed by atoms with Gasteiger partial charge in [0.05, 0.1) is 6.42 Å². The van der Waals surface area contributed by atoms with Crippen LogP contribution >= 0.6 is 0 Å². The van der Waals surface area contributed by atoms with Crippen LogP contribution in [0.15, 0.2) is 48.5 Å². The van der Waals surface area contributed by atoms with Gasteiger partial charge in [0.2, 0.25) is 5.91 Å². The van der Waals surface area contributed by atoms with Gasteiger partial charge >= 0.3 is 6.03 Å². The number of rotatable bonds is 4. The number of urea groups is 1. The Morgan fingerprint density at radius 2 is 1.89 bits per heavy atom. The first kappa shape index (κ1) is 18.5. The Kier molecular flexibility index (Phi) is 5.33. The maximum atomic E-state index is 12.9. The van der Waals surface area contributed by atoms with E-state index in [0.717, 1.165) is 37.2 Å². The topological polar surface area (TPSA) is 52.7 Å². The molecule has 5 nitrogen and oxygen atoms in total. The van der Waals surface area contributed by atoms with Gasteiger partial charge in [-0.1, -0.05) is 36.4 Å². The molecule has 2 heterocycles. The molecule has 0 aliphatic carbocycles. The molecule has 2 saturated heterocycles. The molecule has 2 aliphatic rings. The molecule has 2 aromatic rings. The molecule has 0 spiro atoms. The van der Waals surface area contributed by atoms with E-state index in [4.69, 9.17) is 0 Å². The second-order valence-corrected chi connectivity index (χ2v) is 7.76. The fourth-order valence-electron chi connectivity index (χ4n) is 4.30. The second-order valence-electron chi connectivity index (χ2n) is 7.76. The normalized spacial score (nSPS) is 19.6. The maximum absolute atomic E-state index is 12.9. The van der Waals surface area contributed by atoms with E-state index >= 15 is 0 Å². The molecule has 2 fully saturated rings. The lowest BCUT2D eigenvalue weighted by Gasteiger charge is -2.34. The fourth-order valence-corrected chi connectivity index (χ4v) is 4.30. The molecule has 1 atom stereocenters. The lowest BCUT2D eigenvalue weighted by atomic mass is 9.88. The Bertz CT molecular complexity index is 862. The zero-order valence-electron chi connectivity index (χ0n) is 16.4. The number of benzene rings is 2. The summed E-state index contributed by atoms with van der Waals surface area (Å²) in [4.78, 5) is 28.4. The molecule has 0 bridgehead atoms. The molecule has 2 aliphatic heterocycles. The third-order valence-electron chi connectivity index (χ3n) is 5.86. The van der Waals surface area contributed by atoms with Crippen molar-refractivity contribution in [3.8, 4) is 0 Å². The van der Waals surface area contributed by atoms with Gasteiger partial charge in [-0.25, -0.2) is 4.79 Å². The Hall–Kier alpha value is -2.82. The van der Waals surface area contributed by atoms with Gasteiger partial charge in [0, 0.05) is 37.8 Å². The van der Waals surface area contributed by atoms with E-state index in [-0.39, 0.29) is 11.9 Å². The summed E-state index contributed by atoms with van der Waals surface area (Å²) in [6.07, 6.45) is 2.60. The third kappa shape index (κ3) is 3.88. The summed E-state index contributed by atoms with van der Waals surface area (Å²) in [5, 5.41) is 2.81. The quantitative estimate of drug-likeness (QED) is 0.887. The van der Waals surface area contributed by atoms with Gasteiger partial charge in [0.1, 0.15) is 0 Å². The monoisotopic (exact) mass is 377 g/mol. The molecule has 1 N–H and O–H groups in total. The Morgan fingerprint density at radius 3 is 2.61 bits per heavy atom. The van der Waals surface area contributed by atoms with Gasteiger partial charge in [-0.2, -0.15) is 0 Å². The highest BCUT2D eigenvalue weighted by atomic mass is 16.2. The van der Waals surface area contributed by atoms with E-state index < -0.39 is 0 Å². The van der Waals surface area contributed by atoms with Crippen LogP contribution in [0.4, 0.5) is 10.5 Å². The molecule has 4 rings (SSSR count). The SMILES string of the molecule is Cc1ccccc1[C@@H]1CCCN(C(=O)Cc2ccc(N3CCNC3=O)cc2)C1. The first-order chi connectivity index (χ1) is 13.6. The smallest absolute Gasteiger partial charge is 0.321 e. The number of anilines is 1. The van der Waals surface area contributed by atoms with Crippen molar-refractivity contribution >= 4 is 17.6 Å². The van der Waals surface area contributed by atoms with Crippen molar-refractivity contribution in [3.05, 3.63) is 65.2 Å². The molecule has 0 saturated carbocycles. The van der Waals surface area contributed by atoms with Crippen LogP contribution in [0.1, 0.15) is 35.4 Å². The minimum absolute atomic E-state index is 0.0561. The fraction of sp³-hybridized carbons (Fsp3) is 0.391. The van der Waals surface area contributed by atoms with Crippen LogP contribution in [0.25, 0.3) is 0 Å². The number of aryl methyl sites for hydroxylation is 1. The average Bonchev–Trinajstić information content (AvgIpc) is 3.15. The van der Waals surface area contributed by atoms with Crippen molar-refractivity contribution in [2.45, 2.75) is 32.1 Å². The highest BCUT2D eigenvalue weighted by Gasteiger charge is 2.26. The van der Waals surface area contributed by atoms with Gasteiger partial charge in [-0.05, 0) is 48.6 Å². The number of hydrogen-bond acceptors (Lipinski definition) is 2. The summed E-state index contributed by atoms with van der Waals surface area (Å²) >= 11 is 0. The van der Waals surface area contributed by atoms with E-state index in [9.17, 15) is 9.59 Å². The first-order valence-electron chi connectivity index (χ1n) is 10.1. The molecule has 3 amide bonds. The van der Waals surface area contributed by atoms with Crippen molar-refractivity contribution in [2.24, 2.45) is 0 Å². The van der Waals surface area contributed by atoms with Crippen molar-refractivity contribution < 1.29 is 9.59 Å². The molecule has 2 aromatic carbocycles. The highest BCUT2D eigenvalue weighted by molar-refractivity contribution is 5.94. The van der Waals surface area contributed by atoms with E-state index in [1.807, 2.05) is 29.2 Å². The van der Waals surface area contributed by atoms with Crippen LogP contribution in [-0.2, 0) is 11.2 Å². The van der Waals surface area contributed by atoms with Crippen LogP contribution < -0.4 is 10.2 Å². The Labute approximate surface area is 166 Å². The molecule has 5 heteroatoms. The molecule has 146 valence electrons. The van der Waals surface area contributed by atoms with Crippen molar-refractivity contribution in [1.29, 1.82) is 0 Å². The van der Waals surface area contributed by atoms with Crippen LogP contribution in [0.5, 0.6) is 0 Å². The lowest BCUT2D eigenvalue weighted by molar-refractivity contribution is -0.131. The van der Waals surface area contributed by atoms with Gasteiger partial charge < -0.3 is 10.2 Å². The summed E-state index contributed by atoms with van der Waals surface area (Å²) in [6.45, 7) is 5.16. The number of carbonyl (C=O) groups is 2. The molecule has 0 unspecified atom stereocenters. The second kappa shape index (κ2) is 8.05. The summed E-state index contributed by atoms with van der Waals surface area (Å²) in [5.41, 5.74) is 4.55. The van der Waals surface area contributed by atoms with Gasteiger partial charge in [-0.3, -0.25) is 9.69 Å². The Balaban J connectivity index is 1.39. The van der Waals surface area contributed by atoms with Crippen molar-refractivity contribution in [1.82, 2.24) is 10.2 Å². The van der Waals surface area contributed by atoms with E-state index in [1.165, 1.54) is 11.1 Å².